The molecule has 0 saturated carbocycles. The SMILES string of the molecule is FC(F)(F)C(F)(F)C(F)(F)C(F)(F)C(F)(F)C(F)(F)C(F)(F)C(F)(F)CC/C=C/c1ccccc1. The number of halogens is 17. The maximum Gasteiger partial charge on any atom is 0.460 e. The van der Waals surface area contributed by atoms with Gasteiger partial charge in [-0.05, 0) is 12.0 Å². The third-order valence-corrected chi connectivity index (χ3v) is 4.52. The Kier molecular flexibility index (Phi) is 7.93. The Balaban J connectivity index is 3.34. The van der Waals surface area contributed by atoms with Gasteiger partial charge in [-0.15, -0.1) is 0 Å². The lowest BCUT2D eigenvalue weighted by Crippen LogP contribution is -2.74. The van der Waals surface area contributed by atoms with E-state index in [9.17, 15) is 74.6 Å². The first-order valence-corrected chi connectivity index (χ1v) is 8.76. The first-order valence-electron chi connectivity index (χ1n) is 8.76. The first kappa shape index (κ1) is 30.8. The minimum atomic E-state index is -8.60. The predicted octanol–water partition coefficient (Wildman–Crippen LogP) is 8.49. The summed E-state index contributed by atoms with van der Waals surface area (Å²) < 4.78 is 223. The van der Waals surface area contributed by atoms with E-state index in [1.54, 1.807) is 0 Å². The average molecular weight is 550 g/mol. The Morgan fingerprint density at radius 2 is 0.857 bits per heavy atom. The highest BCUT2D eigenvalue weighted by molar-refractivity contribution is 5.48. The van der Waals surface area contributed by atoms with E-state index in [1.807, 2.05) is 0 Å². The Hall–Kier alpha value is -2.23. The lowest BCUT2D eigenvalue weighted by Gasteiger charge is -2.42. The van der Waals surface area contributed by atoms with Crippen molar-refractivity contribution >= 4 is 6.08 Å². The molecule has 0 aromatic heterocycles. The van der Waals surface area contributed by atoms with Crippen molar-refractivity contribution < 1.29 is 74.6 Å². The number of rotatable bonds is 10. The van der Waals surface area contributed by atoms with Crippen LogP contribution in [-0.4, -0.2) is 47.6 Å². The zero-order valence-electron chi connectivity index (χ0n) is 16.4. The van der Waals surface area contributed by atoms with E-state index >= 15 is 0 Å². The lowest BCUT2D eigenvalue weighted by molar-refractivity contribution is -0.461. The van der Waals surface area contributed by atoms with Gasteiger partial charge in [0.2, 0.25) is 0 Å². The number of hydrogen-bond donors (Lipinski definition) is 0. The summed E-state index contributed by atoms with van der Waals surface area (Å²) in [7, 11) is 0. The summed E-state index contributed by atoms with van der Waals surface area (Å²) in [6.07, 6.45) is -9.96. The second kappa shape index (κ2) is 9.01. The van der Waals surface area contributed by atoms with Crippen LogP contribution in [0.2, 0.25) is 0 Å². The number of allylic oxidation sites excluding steroid dienone is 1. The Bertz CT molecular complexity index is 880. The molecule has 17 heteroatoms. The Labute approximate surface area is 184 Å². The van der Waals surface area contributed by atoms with Crippen LogP contribution in [-0.2, 0) is 0 Å². The monoisotopic (exact) mass is 550 g/mol. The first-order chi connectivity index (χ1) is 15.3. The summed E-state index contributed by atoms with van der Waals surface area (Å²) >= 11 is 0. The summed E-state index contributed by atoms with van der Waals surface area (Å²) in [5.74, 6) is -56.0. The summed E-state index contributed by atoms with van der Waals surface area (Å²) in [5.41, 5.74) is 0.243. The normalized spacial score (nSPS) is 15.7. The largest absolute Gasteiger partial charge is 0.460 e. The van der Waals surface area contributed by atoms with Crippen LogP contribution in [0.3, 0.4) is 0 Å². The quantitative estimate of drug-likeness (QED) is 0.257. The fourth-order valence-electron chi connectivity index (χ4n) is 2.40. The van der Waals surface area contributed by atoms with Crippen LogP contribution in [0.5, 0.6) is 0 Å². The van der Waals surface area contributed by atoms with E-state index in [4.69, 9.17) is 0 Å². The van der Waals surface area contributed by atoms with Crippen molar-refractivity contribution in [3.63, 3.8) is 0 Å². The van der Waals surface area contributed by atoms with Gasteiger partial charge in [0.25, 0.3) is 0 Å². The van der Waals surface area contributed by atoms with Gasteiger partial charge in [0.15, 0.2) is 0 Å². The van der Waals surface area contributed by atoms with Gasteiger partial charge in [0, 0.05) is 6.42 Å². The third kappa shape index (κ3) is 4.78. The van der Waals surface area contributed by atoms with E-state index in [0.29, 0.717) is 6.08 Å². The molecule has 1 aromatic rings. The van der Waals surface area contributed by atoms with Crippen LogP contribution in [0.25, 0.3) is 6.08 Å². The third-order valence-electron chi connectivity index (χ3n) is 4.52. The molecule has 0 atom stereocenters. The molecular formula is C18H11F17. The van der Waals surface area contributed by atoms with E-state index in [0.717, 1.165) is 6.08 Å². The van der Waals surface area contributed by atoms with E-state index in [-0.39, 0.29) is 5.56 Å². The van der Waals surface area contributed by atoms with Crippen molar-refractivity contribution in [2.24, 2.45) is 0 Å². The molecule has 1 rings (SSSR count). The summed E-state index contributed by atoms with van der Waals surface area (Å²) in [5, 5.41) is 0. The van der Waals surface area contributed by atoms with Crippen molar-refractivity contribution in [2.45, 2.75) is 60.5 Å². The highest BCUT2D eigenvalue weighted by Crippen LogP contribution is 2.64. The van der Waals surface area contributed by atoms with Gasteiger partial charge >= 0.3 is 47.6 Å². The van der Waals surface area contributed by atoms with E-state index in [2.05, 4.69) is 0 Å². The molecule has 0 N–H and O–H groups in total. The maximum atomic E-state index is 13.7. The summed E-state index contributed by atoms with van der Waals surface area (Å²) in [6.45, 7) is 0. The molecule has 0 unspecified atom stereocenters. The predicted molar refractivity (Wildman–Crippen MR) is 85.4 cm³/mol. The van der Waals surface area contributed by atoms with Gasteiger partial charge in [0.1, 0.15) is 0 Å². The molecule has 35 heavy (non-hydrogen) atoms. The van der Waals surface area contributed by atoms with Crippen LogP contribution >= 0.6 is 0 Å². The topological polar surface area (TPSA) is 0 Å². The Morgan fingerprint density at radius 3 is 1.26 bits per heavy atom. The molecule has 0 amide bonds. The highest BCUT2D eigenvalue weighted by Gasteiger charge is 2.95. The van der Waals surface area contributed by atoms with Crippen LogP contribution < -0.4 is 0 Å². The molecule has 0 spiro atoms. The van der Waals surface area contributed by atoms with Gasteiger partial charge in [-0.25, -0.2) is 0 Å². The number of benzene rings is 1. The van der Waals surface area contributed by atoms with Gasteiger partial charge in [-0.1, -0.05) is 42.5 Å². The number of hydrogen-bond acceptors (Lipinski definition) is 0. The average Bonchev–Trinajstić information content (AvgIpc) is 2.70. The lowest BCUT2D eigenvalue weighted by atomic mass is 9.88. The molecule has 1 aromatic carbocycles. The number of alkyl halides is 17. The molecule has 0 fully saturated rings. The minimum Gasteiger partial charge on any atom is -0.200 e. The molecule has 0 aliphatic heterocycles. The van der Waals surface area contributed by atoms with E-state index < -0.39 is 60.5 Å². The second-order valence-electron chi connectivity index (χ2n) is 7.00. The summed E-state index contributed by atoms with van der Waals surface area (Å²) in [6, 6.07) is 6.96. The summed E-state index contributed by atoms with van der Waals surface area (Å²) in [4.78, 5) is 0. The molecular weight excluding hydrogens is 539 g/mol. The molecule has 0 aliphatic rings. The zero-order chi connectivity index (χ0) is 27.9. The van der Waals surface area contributed by atoms with Crippen LogP contribution in [0, 0.1) is 0 Å². The van der Waals surface area contributed by atoms with Crippen molar-refractivity contribution in [3.05, 3.63) is 42.0 Å². The van der Waals surface area contributed by atoms with Gasteiger partial charge in [-0.2, -0.15) is 74.6 Å². The molecule has 0 radical (unpaired) electrons. The fourth-order valence-corrected chi connectivity index (χ4v) is 2.40. The van der Waals surface area contributed by atoms with Crippen LogP contribution in [0.15, 0.2) is 36.4 Å². The van der Waals surface area contributed by atoms with Gasteiger partial charge in [0.05, 0.1) is 0 Å². The van der Waals surface area contributed by atoms with Crippen LogP contribution in [0.4, 0.5) is 74.6 Å². The second-order valence-corrected chi connectivity index (χ2v) is 7.00. The standard InChI is InChI=1S/C18H11F17/c19-11(20,9-5-4-8-10-6-2-1-3-7-10)12(21,22)13(23,24)14(25,26)15(27,28)16(29,30)17(31,32)18(33,34)35/h1-4,6-8H,5,9H2/b8-4+. The molecule has 0 heterocycles. The fraction of sp³-hybridized carbons (Fsp3) is 0.556. The van der Waals surface area contributed by atoms with Crippen molar-refractivity contribution in [2.75, 3.05) is 0 Å². The maximum absolute atomic E-state index is 13.7. The molecule has 202 valence electrons. The van der Waals surface area contributed by atoms with Crippen LogP contribution in [0.1, 0.15) is 18.4 Å². The Morgan fingerprint density at radius 1 is 0.486 bits per heavy atom. The van der Waals surface area contributed by atoms with Crippen molar-refractivity contribution in [1.29, 1.82) is 0 Å². The molecule has 0 aliphatic carbocycles. The van der Waals surface area contributed by atoms with Crippen molar-refractivity contribution in [1.82, 2.24) is 0 Å². The van der Waals surface area contributed by atoms with Gasteiger partial charge in [-0.3, -0.25) is 0 Å². The van der Waals surface area contributed by atoms with E-state index in [1.165, 1.54) is 30.3 Å². The van der Waals surface area contributed by atoms with Gasteiger partial charge < -0.3 is 0 Å². The molecule has 0 saturated heterocycles. The zero-order valence-corrected chi connectivity index (χ0v) is 16.4. The smallest absolute Gasteiger partial charge is 0.200 e. The minimum absolute atomic E-state index is 0.243. The highest BCUT2D eigenvalue weighted by atomic mass is 19.4. The molecule has 0 bridgehead atoms. The van der Waals surface area contributed by atoms with Crippen molar-refractivity contribution in [3.8, 4) is 0 Å². The molecule has 0 nitrogen and oxygen atoms in total.